The van der Waals surface area contributed by atoms with Crippen molar-refractivity contribution in [1.82, 2.24) is 9.55 Å². The van der Waals surface area contributed by atoms with Crippen LogP contribution in [0.2, 0.25) is 0 Å². The number of nitrogens with zero attached hydrogens (tertiary/aromatic N) is 1. The SMILES string of the molecule is Cc1cn([C@@H]2O[C@H](CO)[C@@H](OCOC(=O)C(C)(C)C)[C@@H]2F)c(=O)[nH]c1=O. The summed E-state index contributed by atoms with van der Waals surface area (Å²) in [5, 5.41) is 9.40. The molecule has 1 aliphatic heterocycles. The minimum absolute atomic E-state index is 0.199. The number of carbonyl (C=O) groups is 1. The molecular weight excluding hydrogens is 351 g/mol. The number of aromatic nitrogens is 2. The molecule has 1 aromatic heterocycles. The van der Waals surface area contributed by atoms with Crippen molar-refractivity contribution in [3.05, 3.63) is 32.6 Å². The smallest absolute Gasteiger partial charge is 0.330 e. The Morgan fingerprint density at radius 1 is 1.42 bits per heavy atom. The van der Waals surface area contributed by atoms with Gasteiger partial charge in [0, 0.05) is 11.8 Å². The van der Waals surface area contributed by atoms with Crippen molar-refractivity contribution in [3.8, 4) is 0 Å². The Balaban J connectivity index is 2.13. The van der Waals surface area contributed by atoms with Crippen LogP contribution in [0.25, 0.3) is 0 Å². The second kappa shape index (κ2) is 7.68. The van der Waals surface area contributed by atoms with Gasteiger partial charge in [-0.1, -0.05) is 0 Å². The topological polar surface area (TPSA) is 120 Å². The zero-order valence-electron chi connectivity index (χ0n) is 15.0. The maximum Gasteiger partial charge on any atom is 0.330 e. The Kier molecular flexibility index (Phi) is 5.99. The lowest BCUT2D eigenvalue weighted by atomic mass is 9.98. The van der Waals surface area contributed by atoms with Gasteiger partial charge in [-0.2, -0.15) is 0 Å². The Labute approximate surface area is 148 Å². The summed E-state index contributed by atoms with van der Waals surface area (Å²) in [4.78, 5) is 37.1. The molecule has 0 amide bonds. The van der Waals surface area contributed by atoms with Crippen molar-refractivity contribution in [2.24, 2.45) is 5.41 Å². The van der Waals surface area contributed by atoms with E-state index in [2.05, 4.69) is 4.98 Å². The van der Waals surface area contributed by atoms with E-state index in [0.717, 1.165) is 4.57 Å². The monoisotopic (exact) mass is 374 g/mol. The number of halogens is 1. The van der Waals surface area contributed by atoms with Gasteiger partial charge in [0.05, 0.1) is 12.0 Å². The van der Waals surface area contributed by atoms with Gasteiger partial charge >= 0.3 is 11.7 Å². The zero-order chi connectivity index (χ0) is 19.6. The predicted octanol–water partition coefficient (Wildman–Crippen LogP) is 0.00482. The predicted molar refractivity (Wildman–Crippen MR) is 87.2 cm³/mol. The maximum atomic E-state index is 14.8. The van der Waals surface area contributed by atoms with Crippen molar-refractivity contribution >= 4 is 5.97 Å². The van der Waals surface area contributed by atoms with Crippen LogP contribution in [0.4, 0.5) is 4.39 Å². The number of ether oxygens (including phenoxy) is 3. The van der Waals surface area contributed by atoms with E-state index >= 15 is 0 Å². The Morgan fingerprint density at radius 2 is 2.08 bits per heavy atom. The molecular formula is C16H23FN2O7. The van der Waals surface area contributed by atoms with Crippen molar-refractivity contribution in [1.29, 1.82) is 0 Å². The highest BCUT2D eigenvalue weighted by atomic mass is 19.1. The van der Waals surface area contributed by atoms with Crippen LogP contribution in [0.15, 0.2) is 15.8 Å². The van der Waals surface area contributed by atoms with E-state index in [4.69, 9.17) is 14.2 Å². The summed E-state index contributed by atoms with van der Waals surface area (Å²) in [6.45, 7) is 5.34. The number of hydrogen-bond donors (Lipinski definition) is 2. The minimum atomic E-state index is -1.83. The van der Waals surface area contributed by atoms with Crippen LogP contribution >= 0.6 is 0 Å². The fourth-order valence-corrected chi connectivity index (χ4v) is 2.42. The highest BCUT2D eigenvalue weighted by Gasteiger charge is 2.47. The maximum absolute atomic E-state index is 14.8. The third-order valence-electron chi connectivity index (χ3n) is 3.93. The summed E-state index contributed by atoms with van der Waals surface area (Å²) in [5.41, 5.74) is -1.97. The molecule has 1 saturated heterocycles. The number of H-pyrrole nitrogens is 1. The molecule has 1 fully saturated rings. The van der Waals surface area contributed by atoms with E-state index < -0.39 is 60.6 Å². The minimum Gasteiger partial charge on any atom is -0.438 e. The number of rotatable bonds is 5. The van der Waals surface area contributed by atoms with E-state index in [-0.39, 0.29) is 5.56 Å². The van der Waals surface area contributed by atoms with Gasteiger partial charge in [-0.3, -0.25) is 19.1 Å². The summed E-state index contributed by atoms with van der Waals surface area (Å²) >= 11 is 0. The number of esters is 1. The first-order valence-electron chi connectivity index (χ1n) is 8.07. The molecule has 0 aromatic carbocycles. The first kappa shape index (κ1) is 20.3. The molecule has 1 aliphatic rings. The van der Waals surface area contributed by atoms with Gasteiger partial charge < -0.3 is 19.3 Å². The van der Waals surface area contributed by atoms with Crippen LogP contribution in [0, 0.1) is 12.3 Å². The molecule has 2 rings (SSSR count). The van der Waals surface area contributed by atoms with Gasteiger partial charge in [-0.15, -0.1) is 0 Å². The molecule has 0 bridgehead atoms. The first-order valence-corrected chi connectivity index (χ1v) is 8.07. The second-order valence-corrected chi connectivity index (χ2v) is 7.10. The number of aliphatic hydroxyl groups excluding tert-OH is 1. The molecule has 0 radical (unpaired) electrons. The molecule has 4 atom stereocenters. The van der Waals surface area contributed by atoms with E-state index in [1.807, 2.05) is 0 Å². The van der Waals surface area contributed by atoms with E-state index in [1.165, 1.54) is 13.1 Å². The summed E-state index contributed by atoms with van der Waals surface area (Å²) in [6.07, 6.45) is -4.36. The van der Waals surface area contributed by atoms with E-state index in [1.54, 1.807) is 20.8 Å². The third-order valence-corrected chi connectivity index (χ3v) is 3.93. The van der Waals surface area contributed by atoms with E-state index in [0.29, 0.717) is 0 Å². The van der Waals surface area contributed by atoms with Crippen molar-refractivity contribution in [2.75, 3.05) is 13.4 Å². The standard InChI is InChI=1S/C16H23FN2O7/c1-8-5-19(15(23)18-12(8)21)13-10(17)11(9(6-20)26-13)24-7-25-14(22)16(2,3)4/h5,9-11,13,20H,6-7H2,1-4H3,(H,18,21,23)/t9-,10+,11-,13-/m1/s1. The van der Waals surface area contributed by atoms with Crippen molar-refractivity contribution in [3.63, 3.8) is 0 Å². The normalized spacial score (nSPS) is 26.1. The van der Waals surface area contributed by atoms with Gasteiger partial charge in [0.2, 0.25) is 0 Å². The lowest BCUT2D eigenvalue weighted by Gasteiger charge is -2.21. The summed E-state index contributed by atoms with van der Waals surface area (Å²) in [7, 11) is 0. The molecule has 2 heterocycles. The number of aromatic amines is 1. The number of nitrogens with one attached hydrogen (secondary N) is 1. The summed E-state index contributed by atoms with van der Waals surface area (Å²) in [5.74, 6) is -0.531. The van der Waals surface area contributed by atoms with Crippen LogP contribution in [0.5, 0.6) is 0 Å². The number of hydrogen-bond acceptors (Lipinski definition) is 7. The van der Waals surface area contributed by atoms with Crippen LogP contribution in [0.3, 0.4) is 0 Å². The van der Waals surface area contributed by atoms with Gasteiger partial charge in [-0.25, -0.2) is 9.18 Å². The lowest BCUT2D eigenvalue weighted by molar-refractivity contribution is -0.175. The molecule has 0 saturated carbocycles. The van der Waals surface area contributed by atoms with Crippen LogP contribution in [-0.4, -0.2) is 52.4 Å². The highest BCUT2D eigenvalue weighted by molar-refractivity contribution is 5.75. The third kappa shape index (κ3) is 4.19. The Morgan fingerprint density at radius 3 is 2.65 bits per heavy atom. The number of aryl methyl sites for hydroxylation is 1. The molecule has 10 heteroatoms. The molecule has 146 valence electrons. The summed E-state index contributed by atoms with van der Waals surface area (Å²) < 4.78 is 31.2. The average Bonchev–Trinajstić information content (AvgIpc) is 2.86. The zero-order valence-corrected chi connectivity index (χ0v) is 15.0. The van der Waals surface area contributed by atoms with Crippen molar-refractivity contribution < 1.29 is 28.5 Å². The Hall–Kier alpha value is -2.04. The van der Waals surface area contributed by atoms with Crippen molar-refractivity contribution in [2.45, 2.75) is 52.3 Å². The first-order chi connectivity index (χ1) is 12.1. The lowest BCUT2D eigenvalue weighted by Crippen LogP contribution is -2.38. The van der Waals surface area contributed by atoms with Crippen LogP contribution in [0.1, 0.15) is 32.6 Å². The Bertz CT molecular complexity index is 767. The molecule has 9 nitrogen and oxygen atoms in total. The van der Waals surface area contributed by atoms with Gasteiger partial charge in [-0.05, 0) is 27.7 Å². The number of alkyl halides is 1. The van der Waals surface area contributed by atoms with E-state index in [9.17, 15) is 23.9 Å². The largest absolute Gasteiger partial charge is 0.438 e. The summed E-state index contributed by atoms with van der Waals surface area (Å²) in [6, 6.07) is 0. The quantitative estimate of drug-likeness (QED) is 0.550. The average molecular weight is 374 g/mol. The highest BCUT2D eigenvalue weighted by Crippen LogP contribution is 2.33. The van der Waals surface area contributed by atoms with Gasteiger partial charge in [0.25, 0.3) is 5.56 Å². The van der Waals surface area contributed by atoms with Gasteiger partial charge in [0.15, 0.2) is 19.2 Å². The number of carbonyl (C=O) groups excluding carboxylic acids is 1. The number of aliphatic hydroxyl groups is 1. The molecule has 2 N–H and O–H groups in total. The molecule has 26 heavy (non-hydrogen) atoms. The van der Waals surface area contributed by atoms with Gasteiger partial charge in [0.1, 0.15) is 12.2 Å². The molecule has 0 unspecified atom stereocenters. The molecule has 0 aliphatic carbocycles. The second-order valence-electron chi connectivity index (χ2n) is 7.10. The fourth-order valence-electron chi connectivity index (χ4n) is 2.42. The molecule has 1 aromatic rings. The van der Waals surface area contributed by atoms with Crippen LogP contribution in [-0.2, 0) is 19.0 Å². The van der Waals surface area contributed by atoms with Crippen LogP contribution < -0.4 is 11.2 Å². The fraction of sp³-hybridized carbons (Fsp3) is 0.688. The molecule has 0 spiro atoms.